The number of esters is 1. The van der Waals surface area contributed by atoms with Crippen LogP contribution in [0.2, 0.25) is 0 Å². The molecule has 0 unspecified atom stereocenters. The van der Waals surface area contributed by atoms with Crippen LogP contribution in [0.1, 0.15) is 60.5 Å². The highest BCUT2D eigenvalue weighted by molar-refractivity contribution is 5.93. The molecule has 1 aromatic rings. The summed E-state index contributed by atoms with van der Waals surface area (Å²) in [7, 11) is 0. The lowest BCUT2D eigenvalue weighted by Crippen LogP contribution is -2.54. The van der Waals surface area contributed by atoms with Gasteiger partial charge in [-0.15, -0.1) is 0 Å². The Balaban J connectivity index is 2.57. The first-order valence-corrected chi connectivity index (χ1v) is 12.8. The number of nitro groups is 1. The number of carbonyl (C=O) groups is 5. The van der Waals surface area contributed by atoms with E-state index >= 15 is 0 Å². The van der Waals surface area contributed by atoms with Crippen molar-refractivity contribution in [2.45, 2.75) is 85.2 Å². The molecular formula is C26H39N5O9. The Morgan fingerprint density at radius 1 is 0.900 bits per heavy atom. The summed E-state index contributed by atoms with van der Waals surface area (Å²) in [6.45, 7) is 11.0. The van der Waals surface area contributed by atoms with Gasteiger partial charge < -0.3 is 30.7 Å². The Labute approximate surface area is 233 Å². The van der Waals surface area contributed by atoms with Crippen LogP contribution >= 0.6 is 0 Å². The Bertz CT molecular complexity index is 1070. The van der Waals surface area contributed by atoms with Crippen molar-refractivity contribution < 1.29 is 38.4 Å². The van der Waals surface area contributed by atoms with Crippen LogP contribution in [-0.4, -0.2) is 65.0 Å². The number of non-ortho nitro benzene ring substituents is 1. The maximum absolute atomic E-state index is 12.7. The number of nitrogens with zero attached hydrogens (tertiary/aromatic N) is 1. The van der Waals surface area contributed by atoms with Crippen molar-refractivity contribution in [2.75, 3.05) is 6.54 Å². The van der Waals surface area contributed by atoms with Gasteiger partial charge in [-0.05, 0) is 64.7 Å². The number of benzene rings is 1. The van der Waals surface area contributed by atoms with Gasteiger partial charge >= 0.3 is 12.1 Å². The van der Waals surface area contributed by atoms with Gasteiger partial charge in [0.25, 0.3) is 5.69 Å². The molecule has 0 saturated carbocycles. The van der Waals surface area contributed by atoms with E-state index in [-0.39, 0.29) is 24.6 Å². The maximum Gasteiger partial charge on any atom is 0.408 e. The van der Waals surface area contributed by atoms with Crippen LogP contribution in [0.4, 0.5) is 10.5 Å². The number of hydrogen-bond acceptors (Lipinski definition) is 9. The third kappa shape index (κ3) is 13.0. The molecule has 0 aliphatic heterocycles. The number of hydrogen-bond donors (Lipinski definition) is 4. The first-order chi connectivity index (χ1) is 18.5. The molecule has 3 atom stereocenters. The van der Waals surface area contributed by atoms with Crippen molar-refractivity contribution in [1.29, 1.82) is 0 Å². The number of alkyl carbamates (subject to hydrolysis) is 1. The molecule has 1 rings (SSSR count). The predicted molar refractivity (Wildman–Crippen MR) is 144 cm³/mol. The number of rotatable bonds is 13. The summed E-state index contributed by atoms with van der Waals surface area (Å²) in [5.41, 5.74) is -0.318. The summed E-state index contributed by atoms with van der Waals surface area (Å²) in [4.78, 5) is 72.0. The van der Waals surface area contributed by atoms with E-state index in [1.165, 1.54) is 38.1 Å². The van der Waals surface area contributed by atoms with E-state index in [1.54, 1.807) is 20.8 Å². The Morgan fingerprint density at radius 2 is 1.50 bits per heavy atom. The van der Waals surface area contributed by atoms with Crippen molar-refractivity contribution >= 4 is 35.5 Å². The molecule has 222 valence electrons. The van der Waals surface area contributed by atoms with Crippen LogP contribution in [0.5, 0.6) is 0 Å². The molecule has 14 nitrogen and oxygen atoms in total. The van der Waals surface area contributed by atoms with Gasteiger partial charge in [0.15, 0.2) is 0 Å². The summed E-state index contributed by atoms with van der Waals surface area (Å²) >= 11 is 0. The van der Waals surface area contributed by atoms with Gasteiger partial charge in [0.05, 0.1) is 11.5 Å². The van der Waals surface area contributed by atoms with Crippen molar-refractivity contribution in [3.63, 3.8) is 0 Å². The highest BCUT2D eigenvalue weighted by Gasteiger charge is 2.27. The lowest BCUT2D eigenvalue weighted by atomic mass is 10.0. The third-order valence-corrected chi connectivity index (χ3v) is 5.15. The second kappa shape index (κ2) is 15.4. The number of ether oxygens (including phenoxy) is 2. The molecule has 4 amide bonds. The van der Waals surface area contributed by atoms with Crippen LogP contribution < -0.4 is 21.3 Å². The summed E-state index contributed by atoms with van der Waals surface area (Å²) in [6.07, 6.45) is -0.513. The highest BCUT2D eigenvalue weighted by Crippen LogP contribution is 2.13. The van der Waals surface area contributed by atoms with E-state index in [9.17, 15) is 34.1 Å². The van der Waals surface area contributed by atoms with Crippen LogP contribution in [0.15, 0.2) is 24.3 Å². The molecule has 1 aromatic carbocycles. The second-order valence-corrected chi connectivity index (χ2v) is 10.6. The summed E-state index contributed by atoms with van der Waals surface area (Å²) in [6, 6.07) is 2.46. The first-order valence-electron chi connectivity index (χ1n) is 12.8. The molecule has 0 aliphatic carbocycles. The molecule has 0 radical (unpaired) electrons. The van der Waals surface area contributed by atoms with Crippen molar-refractivity contribution in [3.8, 4) is 0 Å². The topological polar surface area (TPSA) is 195 Å². The Hall–Kier alpha value is -4.23. The van der Waals surface area contributed by atoms with E-state index in [1.807, 2.05) is 13.8 Å². The molecule has 0 saturated heterocycles. The van der Waals surface area contributed by atoms with Gasteiger partial charge in [0.2, 0.25) is 17.7 Å². The Morgan fingerprint density at radius 3 is 2.02 bits per heavy atom. The van der Waals surface area contributed by atoms with Crippen molar-refractivity contribution in [1.82, 2.24) is 21.3 Å². The average molecular weight is 566 g/mol. The number of carbonyl (C=O) groups excluding carboxylic acids is 5. The normalized spacial score (nSPS) is 13.3. The van der Waals surface area contributed by atoms with Crippen molar-refractivity contribution in [3.05, 3.63) is 39.9 Å². The standard InChI is InChI=1S/C26H39N5O9/c1-15(2)12-20(30-22(33)16(3)29-25(36)40-26(5,6)7)23(34)27-13-21(32)28-17(4)24(35)39-14-18-8-10-19(11-9-18)31(37)38/h8-11,15-17,20H,12-14H2,1-7H3,(H,27,34)(H,28,32)(H,29,36)(H,30,33)/t16-,17+,20+/m1/s1. The first kappa shape index (κ1) is 33.8. The largest absolute Gasteiger partial charge is 0.459 e. The molecule has 14 heteroatoms. The molecule has 0 aromatic heterocycles. The minimum absolute atomic E-state index is 0.0181. The van der Waals surface area contributed by atoms with E-state index < -0.39 is 65.0 Å². The molecule has 4 N–H and O–H groups in total. The molecule has 0 fully saturated rings. The van der Waals surface area contributed by atoms with Crippen molar-refractivity contribution in [2.24, 2.45) is 5.92 Å². The Kier molecular flexibility index (Phi) is 13.0. The zero-order valence-corrected chi connectivity index (χ0v) is 23.9. The molecule has 0 spiro atoms. The third-order valence-electron chi connectivity index (χ3n) is 5.15. The average Bonchev–Trinajstić information content (AvgIpc) is 2.83. The lowest BCUT2D eigenvalue weighted by molar-refractivity contribution is -0.384. The predicted octanol–water partition coefficient (Wildman–Crippen LogP) is 1.70. The lowest BCUT2D eigenvalue weighted by Gasteiger charge is -2.24. The van der Waals surface area contributed by atoms with Crippen LogP contribution in [0.25, 0.3) is 0 Å². The molecule has 40 heavy (non-hydrogen) atoms. The molecule has 0 aliphatic rings. The van der Waals surface area contributed by atoms with E-state index in [0.717, 1.165) is 0 Å². The molecule has 0 heterocycles. The quantitative estimate of drug-likeness (QED) is 0.156. The van der Waals surface area contributed by atoms with E-state index in [4.69, 9.17) is 9.47 Å². The maximum atomic E-state index is 12.7. The van der Waals surface area contributed by atoms with E-state index in [2.05, 4.69) is 21.3 Å². The summed E-state index contributed by atoms with van der Waals surface area (Å²) in [5.74, 6) is -2.61. The number of nitrogens with one attached hydrogen (secondary N) is 4. The fourth-order valence-corrected chi connectivity index (χ4v) is 3.18. The van der Waals surface area contributed by atoms with Gasteiger partial charge in [0, 0.05) is 12.1 Å². The van der Waals surface area contributed by atoms with Crippen LogP contribution in [0, 0.1) is 16.0 Å². The van der Waals surface area contributed by atoms with Gasteiger partial charge in [-0.2, -0.15) is 0 Å². The zero-order valence-electron chi connectivity index (χ0n) is 23.9. The van der Waals surface area contributed by atoms with Gasteiger partial charge in [-0.25, -0.2) is 9.59 Å². The van der Waals surface area contributed by atoms with E-state index in [0.29, 0.717) is 5.56 Å². The zero-order chi connectivity index (χ0) is 30.6. The number of amides is 4. The highest BCUT2D eigenvalue weighted by atomic mass is 16.6. The smallest absolute Gasteiger partial charge is 0.408 e. The van der Waals surface area contributed by atoms with Gasteiger partial charge in [0.1, 0.15) is 30.3 Å². The summed E-state index contributed by atoms with van der Waals surface area (Å²) in [5, 5.41) is 20.5. The minimum Gasteiger partial charge on any atom is -0.459 e. The molecule has 0 bridgehead atoms. The van der Waals surface area contributed by atoms with Gasteiger partial charge in [-0.3, -0.25) is 24.5 Å². The number of nitro benzene ring substituents is 1. The monoisotopic (exact) mass is 565 g/mol. The second-order valence-electron chi connectivity index (χ2n) is 10.6. The minimum atomic E-state index is -1.03. The van der Waals surface area contributed by atoms with Gasteiger partial charge in [-0.1, -0.05) is 13.8 Å². The summed E-state index contributed by atoms with van der Waals surface area (Å²) < 4.78 is 10.3. The fraction of sp³-hybridized carbons (Fsp3) is 0.577. The van der Waals surface area contributed by atoms with Crippen LogP contribution in [-0.2, 0) is 35.3 Å². The fourth-order valence-electron chi connectivity index (χ4n) is 3.18. The SMILES string of the molecule is CC(C)C[C@H](NC(=O)[C@@H](C)NC(=O)OC(C)(C)C)C(=O)NCC(=O)N[C@@H](C)C(=O)OCc1ccc([N+](=O)[O-])cc1. The van der Waals surface area contributed by atoms with Crippen LogP contribution in [0.3, 0.4) is 0 Å². The molecular weight excluding hydrogens is 526 g/mol.